The molecule has 0 amide bonds. The van der Waals surface area contributed by atoms with E-state index in [4.69, 9.17) is 0 Å². The van der Waals surface area contributed by atoms with E-state index in [1.807, 2.05) is 0 Å². The SMILES string of the molecule is CCCCC(=C=[N+]=[N-])C(CCCC)=C(c1ccc(CC)cc1)c1ccc(CCCC)cc1.[CH2-]CCCCCCCC.[CH2-]CCCCCCCC.[Ni+2]. The number of hydrogen-bond donors (Lipinski definition) is 0. The van der Waals surface area contributed by atoms with Crippen LogP contribution in [0.2, 0.25) is 0 Å². The van der Waals surface area contributed by atoms with Crippen molar-refractivity contribution in [3.05, 3.63) is 101 Å². The van der Waals surface area contributed by atoms with Crippen molar-refractivity contribution in [2.45, 2.75) is 196 Å². The predicted molar refractivity (Wildman–Crippen MR) is 225 cm³/mol. The molecule has 0 spiro atoms. The van der Waals surface area contributed by atoms with Gasteiger partial charge < -0.3 is 19.4 Å². The third-order valence-corrected chi connectivity index (χ3v) is 9.33. The van der Waals surface area contributed by atoms with Gasteiger partial charge in [0, 0.05) is 0 Å². The Hall–Kier alpha value is -2.17. The van der Waals surface area contributed by atoms with Gasteiger partial charge in [-0.1, -0.05) is 186 Å². The van der Waals surface area contributed by atoms with Crippen molar-refractivity contribution in [3.63, 3.8) is 0 Å². The van der Waals surface area contributed by atoms with Crippen LogP contribution >= 0.6 is 0 Å². The second kappa shape index (κ2) is 37.6. The van der Waals surface area contributed by atoms with E-state index in [1.165, 1.54) is 123 Å². The molecule has 3 heteroatoms. The van der Waals surface area contributed by atoms with Crippen LogP contribution in [0, 0.1) is 13.8 Å². The second-order valence-corrected chi connectivity index (χ2v) is 13.8. The summed E-state index contributed by atoms with van der Waals surface area (Å²) in [6.07, 6.45) is 29.7. The minimum Gasteiger partial charge on any atom is -0.348 e. The monoisotopic (exact) mass is 741 g/mol. The van der Waals surface area contributed by atoms with Crippen LogP contribution in [-0.2, 0) is 29.3 Å². The quantitative estimate of drug-likeness (QED) is 0.0185. The second-order valence-electron chi connectivity index (χ2n) is 13.8. The summed E-state index contributed by atoms with van der Waals surface area (Å²) >= 11 is 0. The van der Waals surface area contributed by atoms with Crippen LogP contribution in [0.15, 0.2) is 59.7 Å². The van der Waals surface area contributed by atoms with Crippen molar-refractivity contribution in [3.8, 4) is 0 Å². The van der Waals surface area contributed by atoms with Gasteiger partial charge in [0.05, 0.1) is 5.57 Å². The fourth-order valence-electron chi connectivity index (χ4n) is 6.02. The molecule has 2 aromatic carbocycles. The number of nitrogens with zero attached hydrogens (tertiary/aromatic N) is 2. The third kappa shape index (κ3) is 25.5. The van der Waals surface area contributed by atoms with Gasteiger partial charge >= 0.3 is 22.4 Å². The first kappa shape index (κ1) is 50.9. The number of hydrogen-bond acceptors (Lipinski definition) is 0. The molecule has 0 aliphatic rings. The number of allylic oxidation sites excluding steroid dienone is 2. The summed E-state index contributed by atoms with van der Waals surface area (Å²) in [5, 5.41) is 0. The normalized spacial score (nSPS) is 10.7. The molecule has 0 saturated heterocycles. The minimum absolute atomic E-state index is 0. The van der Waals surface area contributed by atoms with E-state index in [2.05, 4.69) is 115 Å². The zero-order valence-corrected chi connectivity index (χ0v) is 35.2. The van der Waals surface area contributed by atoms with Gasteiger partial charge in [0.1, 0.15) is 0 Å². The van der Waals surface area contributed by atoms with Gasteiger partial charge in [-0.3, -0.25) is 0 Å². The fraction of sp³-hybridized carbons (Fsp3) is 0.625. The summed E-state index contributed by atoms with van der Waals surface area (Å²) in [5.41, 5.74) is 18.1. The van der Waals surface area contributed by atoms with Gasteiger partial charge in [0.25, 0.3) is 0 Å². The maximum atomic E-state index is 9.39. The summed E-state index contributed by atoms with van der Waals surface area (Å²) < 4.78 is 0. The van der Waals surface area contributed by atoms with E-state index in [0.29, 0.717) is 0 Å². The topological polar surface area (TPSA) is 36.4 Å². The number of aryl methyl sites for hydroxylation is 2. The summed E-state index contributed by atoms with van der Waals surface area (Å²) in [4.78, 5) is 3.34. The Kier molecular flexibility index (Phi) is 37.5. The summed E-state index contributed by atoms with van der Waals surface area (Å²) in [5.74, 6) is 2.95. The molecule has 0 aliphatic carbocycles. The van der Waals surface area contributed by atoms with Crippen LogP contribution < -0.4 is 0 Å². The molecule has 2 nitrogen and oxygen atoms in total. The Bertz CT molecular complexity index is 1140. The summed E-state index contributed by atoms with van der Waals surface area (Å²) in [6, 6.07) is 18.1. The van der Waals surface area contributed by atoms with Gasteiger partial charge in [0.15, 0.2) is 0 Å². The van der Waals surface area contributed by atoms with Crippen molar-refractivity contribution in [2.75, 3.05) is 0 Å². The van der Waals surface area contributed by atoms with E-state index in [-0.39, 0.29) is 16.5 Å². The Balaban J connectivity index is 0. The smallest absolute Gasteiger partial charge is 0.348 e. The Morgan fingerprint density at radius 1 is 0.529 bits per heavy atom. The largest absolute Gasteiger partial charge is 2.00 e. The average Bonchev–Trinajstić information content (AvgIpc) is 3.15. The zero-order chi connectivity index (χ0) is 37.1. The maximum Gasteiger partial charge on any atom is 2.00 e. The van der Waals surface area contributed by atoms with E-state index in [0.717, 1.165) is 69.8 Å². The molecule has 0 heterocycles. The van der Waals surface area contributed by atoms with Gasteiger partial charge in [-0.05, 0) is 78.3 Å². The van der Waals surface area contributed by atoms with Gasteiger partial charge in [-0.25, -0.2) is 0 Å². The van der Waals surface area contributed by atoms with Crippen molar-refractivity contribution in [2.24, 2.45) is 0 Å². The number of benzene rings is 2. The standard InChI is InChI=1S/C30H40N2.2C9H19.Ni/c1-5-9-12-25-17-21-27(22-18-25)30(26-19-15-24(8-4)16-20-26)29(14-11-7-3)28(23-32-31)13-10-6-2;2*1-3-5-7-9-8-6-4-2;/h15-22H,5-14H2,1-4H3;2*1,3-9H2,2H3;/q;2*-1;+2. The van der Waals surface area contributed by atoms with E-state index in [1.54, 1.807) is 0 Å². The van der Waals surface area contributed by atoms with Gasteiger partial charge in [-0.15, -0.1) is 4.79 Å². The predicted octanol–water partition coefficient (Wildman–Crippen LogP) is 15.7. The van der Waals surface area contributed by atoms with Crippen LogP contribution in [0.25, 0.3) is 11.1 Å². The summed E-state index contributed by atoms with van der Waals surface area (Å²) in [6.45, 7) is 21.0. The van der Waals surface area contributed by atoms with Crippen LogP contribution in [0.3, 0.4) is 0 Å². The molecule has 0 radical (unpaired) electrons. The van der Waals surface area contributed by atoms with Crippen LogP contribution in [0.5, 0.6) is 0 Å². The van der Waals surface area contributed by atoms with Gasteiger partial charge in [-0.2, -0.15) is 12.8 Å². The number of rotatable bonds is 25. The molecule has 0 unspecified atom stereocenters. The molecule has 0 saturated carbocycles. The average molecular weight is 742 g/mol. The molecule has 0 aromatic heterocycles. The first-order valence-corrected chi connectivity index (χ1v) is 21.0. The van der Waals surface area contributed by atoms with Crippen molar-refractivity contribution < 1.29 is 21.3 Å². The number of unbranched alkanes of at least 4 members (excludes halogenated alkanes) is 15. The van der Waals surface area contributed by atoms with Crippen LogP contribution in [0.1, 0.15) is 205 Å². The van der Waals surface area contributed by atoms with Crippen molar-refractivity contribution in [1.29, 1.82) is 0 Å². The van der Waals surface area contributed by atoms with Crippen LogP contribution in [0.4, 0.5) is 0 Å². The molecule has 2 aromatic rings. The Morgan fingerprint density at radius 2 is 0.941 bits per heavy atom. The molecule has 51 heavy (non-hydrogen) atoms. The maximum absolute atomic E-state index is 9.39. The first-order chi connectivity index (χ1) is 24.5. The third-order valence-electron chi connectivity index (χ3n) is 9.33. The van der Waals surface area contributed by atoms with Gasteiger partial charge in [0.2, 0.25) is 0 Å². The molecule has 0 bridgehead atoms. The van der Waals surface area contributed by atoms with E-state index < -0.39 is 0 Å². The van der Waals surface area contributed by atoms with Crippen LogP contribution in [-0.4, -0.2) is 10.7 Å². The first-order valence-electron chi connectivity index (χ1n) is 21.0. The molecular formula is C48H78N2Ni. The zero-order valence-electron chi connectivity index (χ0n) is 34.2. The fourth-order valence-corrected chi connectivity index (χ4v) is 6.02. The molecule has 290 valence electrons. The molecule has 0 fully saturated rings. The molecule has 0 N–H and O–H groups in total. The molecule has 0 aliphatic heterocycles. The van der Waals surface area contributed by atoms with E-state index >= 15 is 0 Å². The molecular weight excluding hydrogens is 663 g/mol. The van der Waals surface area contributed by atoms with Crippen molar-refractivity contribution in [1.82, 2.24) is 0 Å². The minimum atomic E-state index is 0. The molecule has 2 rings (SSSR count). The Labute approximate surface area is 328 Å². The molecule has 0 atom stereocenters. The Morgan fingerprint density at radius 3 is 1.35 bits per heavy atom. The van der Waals surface area contributed by atoms with E-state index in [9.17, 15) is 5.53 Å². The summed E-state index contributed by atoms with van der Waals surface area (Å²) in [7, 11) is 0. The van der Waals surface area contributed by atoms with Crippen molar-refractivity contribution >= 4 is 11.4 Å².